The van der Waals surface area contributed by atoms with Crippen LogP contribution in [0, 0.1) is 11.3 Å². The quantitative estimate of drug-likeness (QED) is 0.515. The molecule has 1 saturated carbocycles. The van der Waals surface area contributed by atoms with Crippen molar-refractivity contribution < 1.29 is 19.1 Å². The average Bonchev–Trinajstić information content (AvgIpc) is 2.95. The second-order valence-electron chi connectivity index (χ2n) is 4.10. The highest BCUT2D eigenvalue weighted by Crippen LogP contribution is 2.56. The molecule has 1 atom stereocenters. The van der Waals surface area contributed by atoms with Crippen molar-refractivity contribution in [3.63, 3.8) is 0 Å². The normalized spacial score (nSPS) is 21.3. The van der Waals surface area contributed by atoms with Crippen molar-refractivity contribution in [2.24, 2.45) is 11.3 Å². The highest BCUT2D eigenvalue weighted by molar-refractivity contribution is 6.03. The van der Waals surface area contributed by atoms with E-state index in [1.54, 1.807) is 13.8 Å². The maximum atomic E-state index is 11.8. The summed E-state index contributed by atoms with van der Waals surface area (Å²) in [6.45, 7) is 6.14. The van der Waals surface area contributed by atoms with Gasteiger partial charge in [-0.15, -0.1) is 0 Å². The van der Waals surface area contributed by atoms with Crippen LogP contribution in [0.25, 0.3) is 0 Å². The Kier molecular flexibility index (Phi) is 4.33. The Morgan fingerprint density at radius 3 is 2.00 bits per heavy atom. The molecule has 4 nitrogen and oxygen atoms in total. The second kappa shape index (κ2) is 5.32. The second-order valence-corrected chi connectivity index (χ2v) is 4.10. The van der Waals surface area contributed by atoms with E-state index in [2.05, 4.69) is 0 Å². The average molecular weight is 228 g/mol. The fraction of sp³-hybridized carbons (Fsp3) is 0.833. The van der Waals surface area contributed by atoms with Gasteiger partial charge in [0, 0.05) is 0 Å². The van der Waals surface area contributed by atoms with Crippen molar-refractivity contribution in [2.45, 2.75) is 40.0 Å². The third kappa shape index (κ3) is 2.20. The number of esters is 2. The van der Waals surface area contributed by atoms with E-state index >= 15 is 0 Å². The Morgan fingerprint density at radius 1 is 1.12 bits per heavy atom. The number of ether oxygens (including phenoxy) is 2. The van der Waals surface area contributed by atoms with Crippen LogP contribution in [0.1, 0.15) is 40.0 Å². The highest BCUT2D eigenvalue weighted by atomic mass is 16.6. The number of carbonyl (C=O) groups excluding carboxylic acids is 2. The molecule has 0 heterocycles. The number of carbonyl (C=O) groups is 2. The molecule has 1 fully saturated rings. The lowest BCUT2D eigenvalue weighted by Crippen LogP contribution is -2.32. The molecule has 1 aliphatic carbocycles. The summed E-state index contributed by atoms with van der Waals surface area (Å²) < 4.78 is 9.95. The zero-order chi connectivity index (χ0) is 12.2. The largest absolute Gasteiger partial charge is 0.465 e. The molecule has 0 aliphatic heterocycles. The molecule has 0 aromatic rings. The zero-order valence-corrected chi connectivity index (χ0v) is 10.2. The van der Waals surface area contributed by atoms with Crippen LogP contribution in [0.2, 0.25) is 0 Å². The van der Waals surface area contributed by atoms with Gasteiger partial charge >= 0.3 is 11.9 Å². The summed E-state index contributed by atoms with van der Waals surface area (Å²) in [4.78, 5) is 23.6. The first-order chi connectivity index (χ1) is 7.63. The van der Waals surface area contributed by atoms with Gasteiger partial charge in [0.1, 0.15) is 0 Å². The molecule has 92 valence electrons. The molecule has 1 rings (SSSR count). The molecule has 0 radical (unpaired) electrons. The lowest BCUT2D eigenvalue weighted by atomic mass is 10.0. The molecule has 0 amide bonds. The van der Waals surface area contributed by atoms with Crippen LogP contribution in [-0.4, -0.2) is 25.2 Å². The Hall–Kier alpha value is -1.06. The summed E-state index contributed by atoms with van der Waals surface area (Å²) >= 11 is 0. The molecule has 4 heteroatoms. The Balaban J connectivity index is 2.72. The van der Waals surface area contributed by atoms with Gasteiger partial charge in [0.2, 0.25) is 0 Å². The maximum absolute atomic E-state index is 11.8. The third-order valence-corrected chi connectivity index (χ3v) is 3.02. The van der Waals surface area contributed by atoms with Crippen molar-refractivity contribution in [1.29, 1.82) is 0 Å². The number of hydrogen-bond donors (Lipinski definition) is 0. The van der Waals surface area contributed by atoms with Crippen molar-refractivity contribution in [3.8, 4) is 0 Å². The van der Waals surface area contributed by atoms with E-state index in [0.717, 1.165) is 12.8 Å². The summed E-state index contributed by atoms with van der Waals surface area (Å²) in [5.74, 6) is -0.714. The SMILES string of the molecule is CCC[C@H]1CC1(C(=O)OCC)C(=O)OCC. The topological polar surface area (TPSA) is 52.6 Å². The van der Waals surface area contributed by atoms with Crippen LogP contribution in [0.15, 0.2) is 0 Å². The summed E-state index contributed by atoms with van der Waals surface area (Å²) in [5.41, 5.74) is -0.984. The van der Waals surface area contributed by atoms with E-state index in [-0.39, 0.29) is 5.92 Å². The third-order valence-electron chi connectivity index (χ3n) is 3.02. The maximum Gasteiger partial charge on any atom is 0.323 e. The van der Waals surface area contributed by atoms with E-state index < -0.39 is 17.4 Å². The standard InChI is InChI=1S/C12H20O4/c1-4-7-9-8-12(9,10(13)15-5-2)11(14)16-6-3/h9H,4-8H2,1-3H3/t9-/m0/s1. The molecule has 0 N–H and O–H groups in total. The monoisotopic (exact) mass is 228 g/mol. The summed E-state index contributed by atoms with van der Waals surface area (Å²) in [5, 5.41) is 0. The zero-order valence-electron chi connectivity index (χ0n) is 10.2. The predicted molar refractivity (Wildman–Crippen MR) is 58.7 cm³/mol. The molecule has 1 aliphatic rings. The molecule has 0 unspecified atom stereocenters. The van der Waals surface area contributed by atoms with Gasteiger partial charge in [-0.05, 0) is 32.6 Å². The lowest BCUT2D eigenvalue weighted by Gasteiger charge is -2.14. The van der Waals surface area contributed by atoms with E-state index in [0.29, 0.717) is 19.6 Å². The molecule has 0 aromatic carbocycles. The Morgan fingerprint density at radius 2 is 1.62 bits per heavy atom. The summed E-state index contributed by atoms with van der Waals surface area (Å²) in [6, 6.07) is 0. The van der Waals surface area contributed by atoms with Gasteiger partial charge in [0.25, 0.3) is 0 Å². The van der Waals surface area contributed by atoms with Gasteiger partial charge in [-0.2, -0.15) is 0 Å². The fourth-order valence-electron chi connectivity index (χ4n) is 2.13. The van der Waals surface area contributed by atoms with Crippen LogP contribution in [0.3, 0.4) is 0 Å². The minimum atomic E-state index is -0.984. The first-order valence-electron chi connectivity index (χ1n) is 5.97. The summed E-state index contributed by atoms with van der Waals surface area (Å²) in [6.07, 6.45) is 2.42. The van der Waals surface area contributed by atoms with Crippen LogP contribution in [0.5, 0.6) is 0 Å². The Labute approximate surface area is 96.3 Å². The van der Waals surface area contributed by atoms with Crippen molar-refractivity contribution >= 4 is 11.9 Å². The first kappa shape index (κ1) is 13.0. The van der Waals surface area contributed by atoms with E-state index in [1.165, 1.54) is 0 Å². The predicted octanol–water partition coefficient (Wildman–Crippen LogP) is 1.92. The van der Waals surface area contributed by atoms with Crippen LogP contribution in [-0.2, 0) is 19.1 Å². The van der Waals surface area contributed by atoms with Crippen molar-refractivity contribution in [2.75, 3.05) is 13.2 Å². The number of hydrogen-bond acceptors (Lipinski definition) is 4. The number of rotatable bonds is 6. The van der Waals surface area contributed by atoms with Gasteiger partial charge in [0.05, 0.1) is 13.2 Å². The van der Waals surface area contributed by atoms with E-state index in [4.69, 9.17) is 9.47 Å². The van der Waals surface area contributed by atoms with E-state index in [1.807, 2.05) is 6.92 Å². The molecule has 0 saturated heterocycles. The van der Waals surface area contributed by atoms with Gasteiger partial charge in [-0.25, -0.2) is 0 Å². The molecular formula is C12H20O4. The lowest BCUT2D eigenvalue weighted by molar-refractivity contribution is -0.165. The molecule has 0 aromatic heterocycles. The summed E-state index contributed by atoms with van der Waals surface area (Å²) in [7, 11) is 0. The fourth-order valence-corrected chi connectivity index (χ4v) is 2.13. The van der Waals surface area contributed by atoms with Crippen LogP contribution >= 0.6 is 0 Å². The van der Waals surface area contributed by atoms with Crippen molar-refractivity contribution in [1.82, 2.24) is 0 Å². The van der Waals surface area contributed by atoms with E-state index in [9.17, 15) is 9.59 Å². The minimum absolute atomic E-state index is 0.107. The molecular weight excluding hydrogens is 208 g/mol. The van der Waals surface area contributed by atoms with Gasteiger partial charge < -0.3 is 9.47 Å². The van der Waals surface area contributed by atoms with Crippen LogP contribution in [0.4, 0.5) is 0 Å². The van der Waals surface area contributed by atoms with Gasteiger partial charge in [-0.1, -0.05) is 13.3 Å². The van der Waals surface area contributed by atoms with Gasteiger partial charge in [-0.3, -0.25) is 9.59 Å². The first-order valence-corrected chi connectivity index (χ1v) is 5.97. The van der Waals surface area contributed by atoms with Crippen molar-refractivity contribution in [3.05, 3.63) is 0 Å². The molecule has 0 bridgehead atoms. The van der Waals surface area contributed by atoms with Crippen LogP contribution < -0.4 is 0 Å². The Bertz CT molecular complexity index is 254. The minimum Gasteiger partial charge on any atom is -0.465 e. The smallest absolute Gasteiger partial charge is 0.323 e. The van der Waals surface area contributed by atoms with Gasteiger partial charge in [0.15, 0.2) is 5.41 Å². The molecule has 0 spiro atoms. The highest BCUT2D eigenvalue weighted by Gasteiger charge is 2.67. The molecule has 16 heavy (non-hydrogen) atoms.